The van der Waals surface area contributed by atoms with Gasteiger partial charge in [0.2, 0.25) is 0 Å². The molecule has 2 heterocycles. The van der Waals surface area contributed by atoms with Gasteiger partial charge in [-0.1, -0.05) is 6.92 Å². The predicted octanol–water partition coefficient (Wildman–Crippen LogP) is 4.01. The molecule has 0 bridgehead atoms. The van der Waals surface area contributed by atoms with Crippen LogP contribution in [0.3, 0.4) is 0 Å². The van der Waals surface area contributed by atoms with Crippen molar-refractivity contribution in [2.24, 2.45) is 0 Å². The quantitative estimate of drug-likeness (QED) is 0.791. The number of hydrogen-bond acceptors (Lipinski definition) is 4. The molecular formula is C15H14N2O2S. The molecule has 20 heavy (non-hydrogen) atoms. The fourth-order valence-corrected chi connectivity index (χ4v) is 2.85. The van der Waals surface area contributed by atoms with Crippen molar-refractivity contribution < 1.29 is 9.21 Å². The molecule has 3 aromatic rings. The highest BCUT2D eigenvalue weighted by atomic mass is 32.1. The first-order chi connectivity index (χ1) is 9.65. The first kappa shape index (κ1) is 12.9. The molecule has 102 valence electrons. The molecule has 1 N–H and O–H groups in total. The second-order valence-corrected chi connectivity index (χ2v) is 5.66. The third kappa shape index (κ3) is 2.44. The Bertz CT molecular complexity index is 773. The molecule has 5 heteroatoms. The van der Waals surface area contributed by atoms with Crippen LogP contribution < -0.4 is 5.32 Å². The summed E-state index contributed by atoms with van der Waals surface area (Å²) in [6.45, 7) is 3.88. The molecule has 0 saturated heterocycles. The Morgan fingerprint density at radius 1 is 1.35 bits per heavy atom. The maximum atomic E-state index is 12.1. The van der Waals surface area contributed by atoms with Crippen molar-refractivity contribution in [3.63, 3.8) is 0 Å². The second-order valence-electron chi connectivity index (χ2n) is 4.49. The molecular weight excluding hydrogens is 272 g/mol. The van der Waals surface area contributed by atoms with E-state index in [1.54, 1.807) is 6.92 Å². The summed E-state index contributed by atoms with van der Waals surface area (Å²) in [6.07, 6.45) is 0.947. The number of aryl methyl sites for hydroxylation is 2. The van der Waals surface area contributed by atoms with Crippen molar-refractivity contribution in [2.75, 3.05) is 5.32 Å². The van der Waals surface area contributed by atoms with E-state index in [4.69, 9.17) is 4.42 Å². The smallest absolute Gasteiger partial charge is 0.265 e. The predicted molar refractivity (Wildman–Crippen MR) is 80.4 cm³/mol. The van der Waals surface area contributed by atoms with Crippen LogP contribution >= 0.6 is 11.3 Å². The zero-order valence-electron chi connectivity index (χ0n) is 11.3. The number of carbonyl (C=O) groups is 1. The summed E-state index contributed by atoms with van der Waals surface area (Å²) in [5, 5.41) is 2.89. The largest absolute Gasteiger partial charge is 0.441 e. The van der Waals surface area contributed by atoms with E-state index in [1.165, 1.54) is 16.2 Å². The second kappa shape index (κ2) is 5.09. The molecule has 0 aliphatic rings. The van der Waals surface area contributed by atoms with Gasteiger partial charge in [-0.2, -0.15) is 0 Å². The number of anilines is 1. The SMILES string of the molecule is CCc1ccc(C(=O)Nc2ccc3oc(C)nc3c2)s1. The molecule has 4 nitrogen and oxygen atoms in total. The minimum absolute atomic E-state index is 0.0886. The first-order valence-corrected chi connectivity index (χ1v) is 7.24. The molecule has 0 aliphatic carbocycles. The van der Waals surface area contributed by atoms with Crippen molar-refractivity contribution >= 4 is 34.0 Å². The number of nitrogens with one attached hydrogen (secondary N) is 1. The van der Waals surface area contributed by atoms with Crippen molar-refractivity contribution in [3.8, 4) is 0 Å². The van der Waals surface area contributed by atoms with Crippen LogP contribution in [-0.2, 0) is 6.42 Å². The van der Waals surface area contributed by atoms with E-state index in [-0.39, 0.29) is 5.91 Å². The van der Waals surface area contributed by atoms with E-state index in [9.17, 15) is 4.79 Å². The zero-order chi connectivity index (χ0) is 14.1. The number of carbonyl (C=O) groups excluding carboxylic acids is 1. The number of nitrogens with zero attached hydrogens (tertiary/aromatic N) is 1. The van der Waals surface area contributed by atoms with Crippen molar-refractivity contribution in [1.29, 1.82) is 0 Å². The highest BCUT2D eigenvalue weighted by Crippen LogP contribution is 2.22. The fourth-order valence-electron chi connectivity index (χ4n) is 2.00. The third-order valence-corrected chi connectivity index (χ3v) is 4.21. The Labute approximate surface area is 120 Å². The monoisotopic (exact) mass is 286 g/mol. The van der Waals surface area contributed by atoms with Gasteiger partial charge in [-0.3, -0.25) is 4.79 Å². The van der Waals surface area contributed by atoms with Crippen LogP contribution in [0.1, 0.15) is 27.4 Å². The average molecular weight is 286 g/mol. The summed E-state index contributed by atoms with van der Waals surface area (Å²) in [6, 6.07) is 9.30. The van der Waals surface area contributed by atoms with Gasteiger partial charge in [-0.05, 0) is 36.8 Å². The number of fused-ring (bicyclic) bond motifs is 1. The molecule has 1 aromatic carbocycles. The Hall–Kier alpha value is -2.14. The third-order valence-electron chi connectivity index (χ3n) is 2.99. The normalized spacial score (nSPS) is 10.9. The fraction of sp³-hybridized carbons (Fsp3) is 0.200. The number of thiophene rings is 1. The molecule has 0 aliphatic heterocycles. The lowest BCUT2D eigenvalue weighted by Gasteiger charge is -2.02. The average Bonchev–Trinajstić information content (AvgIpc) is 3.03. The lowest BCUT2D eigenvalue weighted by Crippen LogP contribution is -2.09. The van der Waals surface area contributed by atoms with E-state index in [1.807, 2.05) is 30.3 Å². The van der Waals surface area contributed by atoms with Gasteiger partial charge >= 0.3 is 0 Å². The highest BCUT2D eigenvalue weighted by Gasteiger charge is 2.10. The van der Waals surface area contributed by atoms with E-state index in [0.29, 0.717) is 5.89 Å². The molecule has 1 amide bonds. The van der Waals surface area contributed by atoms with Crippen molar-refractivity contribution in [3.05, 3.63) is 46.0 Å². The van der Waals surface area contributed by atoms with Crippen molar-refractivity contribution in [1.82, 2.24) is 4.98 Å². The first-order valence-electron chi connectivity index (χ1n) is 6.43. The summed E-state index contributed by atoms with van der Waals surface area (Å²) >= 11 is 1.52. The maximum Gasteiger partial charge on any atom is 0.265 e. The number of rotatable bonds is 3. The van der Waals surface area contributed by atoms with Crippen molar-refractivity contribution in [2.45, 2.75) is 20.3 Å². The van der Waals surface area contributed by atoms with E-state index >= 15 is 0 Å². The van der Waals surface area contributed by atoms with Crippen LogP contribution in [0.4, 0.5) is 5.69 Å². The Kier molecular flexibility index (Phi) is 3.28. The maximum absolute atomic E-state index is 12.1. The van der Waals surface area contributed by atoms with Gasteiger partial charge in [0, 0.05) is 17.5 Å². The molecule has 0 unspecified atom stereocenters. The van der Waals surface area contributed by atoms with Gasteiger partial charge in [0.1, 0.15) is 5.52 Å². The van der Waals surface area contributed by atoms with Gasteiger partial charge in [0.25, 0.3) is 5.91 Å². The number of oxazole rings is 1. The van der Waals surface area contributed by atoms with Crippen LogP contribution in [0.5, 0.6) is 0 Å². The zero-order valence-corrected chi connectivity index (χ0v) is 12.1. The summed E-state index contributed by atoms with van der Waals surface area (Å²) in [4.78, 5) is 18.3. The summed E-state index contributed by atoms with van der Waals surface area (Å²) < 4.78 is 5.41. The molecule has 0 atom stereocenters. The summed E-state index contributed by atoms with van der Waals surface area (Å²) in [5.74, 6) is 0.531. The highest BCUT2D eigenvalue weighted by molar-refractivity contribution is 7.14. The lowest BCUT2D eigenvalue weighted by molar-refractivity contribution is 0.103. The van der Waals surface area contributed by atoms with Gasteiger partial charge in [0.15, 0.2) is 11.5 Å². The minimum Gasteiger partial charge on any atom is -0.441 e. The number of benzene rings is 1. The Morgan fingerprint density at radius 2 is 2.20 bits per heavy atom. The lowest BCUT2D eigenvalue weighted by atomic mass is 10.3. The standard InChI is InChI=1S/C15H14N2O2S/c1-3-11-5-7-14(20-11)15(18)17-10-4-6-13-12(8-10)16-9(2)19-13/h4-8H,3H2,1-2H3,(H,17,18). The van der Waals surface area contributed by atoms with Crippen LogP contribution in [0.25, 0.3) is 11.1 Å². The number of aromatic nitrogens is 1. The van der Waals surface area contributed by atoms with Gasteiger partial charge in [-0.25, -0.2) is 4.98 Å². The van der Waals surface area contributed by atoms with E-state index in [0.717, 1.165) is 28.1 Å². The van der Waals surface area contributed by atoms with Gasteiger partial charge in [0.05, 0.1) is 4.88 Å². The molecule has 0 saturated carbocycles. The summed E-state index contributed by atoms with van der Waals surface area (Å²) in [5.41, 5.74) is 2.20. The Balaban J connectivity index is 1.82. The van der Waals surface area contributed by atoms with Crippen LogP contribution in [0, 0.1) is 6.92 Å². The van der Waals surface area contributed by atoms with Gasteiger partial charge in [-0.15, -0.1) is 11.3 Å². The van der Waals surface area contributed by atoms with Crippen LogP contribution in [-0.4, -0.2) is 10.9 Å². The molecule has 0 radical (unpaired) electrons. The number of hydrogen-bond donors (Lipinski definition) is 1. The molecule has 0 spiro atoms. The van der Waals surface area contributed by atoms with Crippen LogP contribution in [0.15, 0.2) is 34.7 Å². The topological polar surface area (TPSA) is 55.1 Å². The molecule has 3 rings (SSSR count). The van der Waals surface area contributed by atoms with Gasteiger partial charge < -0.3 is 9.73 Å². The summed E-state index contributed by atoms with van der Waals surface area (Å²) in [7, 11) is 0. The molecule has 2 aromatic heterocycles. The Morgan fingerprint density at radius 3 is 2.95 bits per heavy atom. The minimum atomic E-state index is -0.0886. The van der Waals surface area contributed by atoms with E-state index < -0.39 is 0 Å². The van der Waals surface area contributed by atoms with E-state index in [2.05, 4.69) is 17.2 Å². The molecule has 0 fully saturated rings. The van der Waals surface area contributed by atoms with Crippen LogP contribution in [0.2, 0.25) is 0 Å². The number of amides is 1.